The molecule has 5 nitrogen and oxygen atoms in total. The summed E-state index contributed by atoms with van der Waals surface area (Å²) in [7, 11) is 0. The predicted octanol–water partition coefficient (Wildman–Crippen LogP) is 7.80. The first-order valence-electron chi connectivity index (χ1n) is 16.1. The van der Waals surface area contributed by atoms with Gasteiger partial charge in [-0.1, -0.05) is 132 Å². The average Bonchev–Trinajstić information content (AvgIpc) is 3.19. The zero-order chi connectivity index (χ0) is 32.1. The number of amidine groups is 4. The Labute approximate surface area is 280 Å². The largest absolute Gasteiger partial charge is 0.360 e. The first-order valence-corrected chi connectivity index (χ1v) is 16.1. The molecule has 5 heteroatoms. The second kappa shape index (κ2) is 13.1. The van der Waals surface area contributed by atoms with E-state index in [0.717, 1.165) is 62.1 Å². The molecule has 0 saturated heterocycles. The van der Waals surface area contributed by atoms with Gasteiger partial charge in [0.1, 0.15) is 5.84 Å². The van der Waals surface area contributed by atoms with Gasteiger partial charge in [-0.3, -0.25) is 0 Å². The second-order valence-electron chi connectivity index (χ2n) is 11.7. The summed E-state index contributed by atoms with van der Waals surface area (Å²) in [5.41, 5.74) is 9.36. The third kappa shape index (κ3) is 6.14. The number of rotatable bonds is 7. The molecule has 2 N–H and O–H groups in total. The van der Waals surface area contributed by atoms with Crippen LogP contribution in [0.4, 0.5) is 0 Å². The number of aliphatic imine (C=N–C) groups is 2. The highest BCUT2D eigenvalue weighted by molar-refractivity contribution is 6.23. The highest BCUT2D eigenvalue weighted by atomic mass is 15.1. The molecular weight excluding hydrogens is 587 g/mol. The van der Waals surface area contributed by atoms with Crippen LogP contribution in [0.15, 0.2) is 186 Å². The van der Waals surface area contributed by atoms with Crippen molar-refractivity contribution in [3.63, 3.8) is 0 Å². The summed E-state index contributed by atoms with van der Waals surface area (Å²) in [4.78, 5) is 10.1. The molecule has 0 aromatic heterocycles. The van der Waals surface area contributed by atoms with E-state index in [-0.39, 0.29) is 6.04 Å². The molecule has 1 unspecified atom stereocenters. The van der Waals surface area contributed by atoms with Gasteiger partial charge in [-0.25, -0.2) is 15.0 Å². The zero-order valence-electron chi connectivity index (χ0n) is 26.2. The summed E-state index contributed by atoms with van der Waals surface area (Å²) in [6, 6.07) is 58.2. The SMILES string of the molecule is C1=C(c2cccc(-c3cccc(C4=NC(c5ccccc5)=[N+]=C(c5ccccc5)N4)c3)c2)N=C(c2ccccc2)NC1c1ccccc1. The van der Waals surface area contributed by atoms with Crippen LogP contribution in [-0.2, 0) is 0 Å². The van der Waals surface area contributed by atoms with Gasteiger partial charge in [0.25, 0.3) is 5.84 Å². The zero-order valence-corrected chi connectivity index (χ0v) is 26.2. The Morgan fingerprint density at radius 2 is 0.958 bits per heavy atom. The van der Waals surface area contributed by atoms with Crippen LogP contribution in [0.2, 0.25) is 0 Å². The normalized spacial score (nSPS) is 15.5. The smallest absolute Gasteiger partial charge is 0.359 e. The lowest BCUT2D eigenvalue weighted by atomic mass is 9.97. The van der Waals surface area contributed by atoms with E-state index in [2.05, 4.69) is 114 Å². The van der Waals surface area contributed by atoms with Crippen LogP contribution in [0.5, 0.6) is 0 Å². The first-order chi connectivity index (χ1) is 23.8. The molecule has 6 aromatic carbocycles. The lowest BCUT2D eigenvalue weighted by Gasteiger charge is -2.24. The topological polar surface area (TPSA) is 62.9 Å². The Morgan fingerprint density at radius 3 is 1.62 bits per heavy atom. The Balaban J connectivity index is 1.16. The predicted molar refractivity (Wildman–Crippen MR) is 198 cm³/mol. The molecular formula is C43H32N5+. The summed E-state index contributed by atoms with van der Waals surface area (Å²) in [5, 5.41) is 7.16. The van der Waals surface area contributed by atoms with E-state index in [1.807, 2.05) is 72.8 Å². The summed E-state index contributed by atoms with van der Waals surface area (Å²) < 4.78 is 4.91. The van der Waals surface area contributed by atoms with E-state index in [9.17, 15) is 0 Å². The maximum absolute atomic E-state index is 5.12. The van der Waals surface area contributed by atoms with Gasteiger partial charge in [0.2, 0.25) is 0 Å². The van der Waals surface area contributed by atoms with Gasteiger partial charge in [-0.15, -0.1) is 0 Å². The number of hydrogen-bond donors (Lipinski definition) is 2. The van der Waals surface area contributed by atoms with Crippen LogP contribution < -0.4 is 15.3 Å². The standard InChI is InChI=1S/C43H31N5/c1-5-15-30(16-6-1)38-29-39(45-40(44-38)31-17-7-2-8-18-31)36-25-13-23-34(27-36)35-24-14-26-37(28-35)43-47-41(32-19-9-3-10-20-32)46-42(48-43)33-21-11-4-12-22-33/h1-29,38H,(H,44,45)/p+1. The summed E-state index contributed by atoms with van der Waals surface area (Å²) in [5.74, 6) is 3.06. The highest BCUT2D eigenvalue weighted by Gasteiger charge is 2.26. The fraction of sp³-hybridized carbons (Fsp3) is 0.0233. The van der Waals surface area contributed by atoms with Crippen molar-refractivity contribution in [1.29, 1.82) is 0 Å². The molecule has 0 saturated carbocycles. The van der Waals surface area contributed by atoms with Crippen molar-refractivity contribution in [1.82, 2.24) is 15.3 Å². The van der Waals surface area contributed by atoms with Gasteiger partial charge >= 0.3 is 11.7 Å². The van der Waals surface area contributed by atoms with E-state index < -0.39 is 0 Å². The molecule has 2 aliphatic rings. The maximum atomic E-state index is 5.12. The number of hydrogen-bond acceptors (Lipinski definition) is 4. The van der Waals surface area contributed by atoms with Crippen molar-refractivity contribution in [2.75, 3.05) is 0 Å². The molecule has 0 aliphatic carbocycles. The third-order valence-electron chi connectivity index (χ3n) is 8.43. The van der Waals surface area contributed by atoms with Gasteiger partial charge in [-0.05, 0) is 65.2 Å². The average molecular weight is 619 g/mol. The number of benzene rings is 6. The number of nitrogens with one attached hydrogen (secondary N) is 2. The highest BCUT2D eigenvalue weighted by Crippen LogP contribution is 2.30. The Bertz CT molecular complexity index is 2250. The van der Waals surface area contributed by atoms with Crippen molar-refractivity contribution in [2.24, 2.45) is 9.98 Å². The second-order valence-corrected chi connectivity index (χ2v) is 11.7. The van der Waals surface area contributed by atoms with E-state index in [4.69, 9.17) is 14.7 Å². The van der Waals surface area contributed by atoms with Crippen molar-refractivity contribution in [3.05, 3.63) is 209 Å². The molecule has 0 spiro atoms. The summed E-state index contributed by atoms with van der Waals surface area (Å²) in [6.07, 6.45) is 2.21. The van der Waals surface area contributed by atoms with Gasteiger partial charge in [0.15, 0.2) is 0 Å². The minimum atomic E-state index is -0.00758. The van der Waals surface area contributed by atoms with Crippen molar-refractivity contribution >= 4 is 29.0 Å². The van der Waals surface area contributed by atoms with Crippen LogP contribution in [0.3, 0.4) is 0 Å². The Morgan fingerprint density at radius 1 is 0.438 bits per heavy atom. The third-order valence-corrected chi connectivity index (χ3v) is 8.43. The molecule has 2 heterocycles. The molecule has 0 bridgehead atoms. The van der Waals surface area contributed by atoms with Crippen molar-refractivity contribution in [2.45, 2.75) is 6.04 Å². The Kier molecular flexibility index (Phi) is 7.86. The van der Waals surface area contributed by atoms with E-state index in [1.54, 1.807) is 0 Å². The van der Waals surface area contributed by atoms with Crippen molar-refractivity contribution < 1.29 is 0 Å². The van der Waals surface area contributed by atoms with Gasteiger partial charge < -0.3 is 5.32 Å². The van der Waals surface area contributed by atoms with E-state index >= 15 is 0 Å². The van der Waals surface area contributed by atoms with Crippen molar-refractivity contribution in [3.8, 4) is 11.1 Å². The van der Waals surface area contributed by atoms with E-state index in [1.165, 1.54) is 5.56 Å². The summed E-state index contributed by atoms with van der Waals surface area (Å²) in [6.45, 7) is 0. The van der Waals surface area contributed by atoms with Gasteiger partial charge in [0, 0.05) is 11.1 Å². The quantitative estimate of drug-likeness (QED) is 0.179. The van der Waals surface area contributed by atoms with Crippen LogP contribution >= 0.6 is 0 Å². The molecule has 0 amide bonds. The molecule has 0 fully saturated rings. The molecule has 48 heavy (non-hydrogen) atoms. The minimum absolute atomic E-state index is 0.00758. The molecule has 0 radical (unpaired) electrons. The summed E-state index contributed by atoms with van der Waals surface area (Å²) >= 11 is 0. The number of nitrogens with zero attached hydrogens (tertiary/aromatic N) is 3. The molecule has 228 valence electrons. The first kappa shape index (κ1) is 28.9. The van der Waals surface area contributed by atoms with Gasteiger partial charge in [-0.2, -0.15) is 0 Å². The lowest BCUT2D eigenvalue weighted by molar-refractivity contribution is 0.781. The molecule has 6 aromatic rings. The molecule has 8 rings (SSSR count). The Hall–Kier alpha value is -6.55. The molecule has 1 atom stereocenters. The minimum Gasteiger partial charge on any atom is -0.359 e. The fourth-order valence-electron chi connectivity index (χ4n) is 5.98. The van der Waals surface area contributed by atoms with Crippen LogP contribution in [0.1, 0.15) is 39.4 Å². The van der Waals surface area contributed by atoms with Gasteiger partial charge in [0.05, 0.1) is 28.4 Å². The van der Waals surface area contributed by atoms with Crippen LogP contribution in [0, 0.1) is 0 Å². The van der Waals surface area contributed by atoms with Crippen LogP contribution in [-0.4, -0.2) is 23.3 Å². The lowest BCUT2D eigenvalue weighted by Crippen LogP contribution is -2.38. The monoisotopic (exact) mass is 618 g/mol. The van der Waals surface area contributed by atoms with E-state index in [0.29, 0.717) is 5.84 Å². The maximum Gasteiger partial charge on any atom is 0.360 e. The molecule has 2 aliphatic heterocycles. The fourth-order valence-corrected chi connectivity index (χ4v) is 5.98. The van der Waals surface area contributed by atoms with Crippen LogP contribution in [0.25, 0.3) is 16.8 Å².